The highest BCUT2D eigenvalue weighted by Crippen LogP contribution is 2.29. The Kier molecular flexibility index (Phi) is 7.18. The molecule has 6 rings (SSSR count). The van der Waals surface area contributed by atoms with Gasteiger partial charge < -0.3 is 9.47 Å². The lowest BCUT2D eigenvalue weighted by atomic mass is 10.0. The molecule has 0 spiro atoms. The number of likely N-dealkylation sites (N-methyl/N-ethyl adjacent to an activating group) is 1. The summed E-state index contributed by atoms with van der Waals surface area (Å²) < 4.78 is 2.33. The number of benzene rings is 2. The Morgan fingerprint density at radius 2 is 1.82 bits per heavy atom. The first-order valence-corrected chi connectivity index (χ1v) is 13.5. The Morgan fingerprint density at radius 3 is 2.71 bits per heavy atom. The predicted molar refractivity (Wildman–Crippen MR) is 153 cm³/mol. The third-order valence-electron chi connectivity index (χ3n) is 7.27. The van der Waals surface area contributed by atoms with Gasteiger partial charge in [-0.3, -0.25) is 9.88 Å². The highest BCUT2D eigenvalue weighted by molar-refractivity contribution is 6.31. The summed E-state index contributed by atoms with van der Waals surface area (Å²) in [6.45, 7) is 4.94. The van der Waals surface area contributed by atoms with Gasteiger partial charge in [0, 0.05) is 62.1 Å². The first-order valence-electron chi connectivity index (χ1n) is 13.1. The summed E-state index contributed by atoms with van der Waals surface area (Å²) >= 11 is 6.74. The summed E-state index contributed by atoms with van der Waals surface area (Å²) in [5.41, 5.74) is 8.13. The molecule has 3 aromatic heterocycles. The van der Waals surface area contributed by atoms with Gasteiger partial charge in [0.2, 0.25) is 0 Å². The molecule has 2 aromatic carbocycles. The van der Waals surface area contributed by atoms with E-state index in [9.17, 15) is 0 Å². The molecule has 4 heterocycles. The van der Waals surface area contributed by atoms with Crippen LogP contribution in [-0.2, 0) is 32.6 Å². The minimum Gasteiger partial charge on any atom is -0.324 e. The van der Waals surface area contributed by atoms with Crippen molar-refractivity contribution in [1.82, 2.24) is 29.3 Å². The smallest absolute Gasteiger partial charge is 0.143 e. The van der Waals surface area contributed by atoms with Gasteiger partial charge in [-0.15, -0.1) is 0 Å². The van der Waals surface area contributed by atoms with E-state index in [1.165, 1.54) is 22.4 Å². The van der Waals surface area contributed by atoms with E-state index in [4.69, 9.17) is 11.6 Å². The van der Waals surface area contributed by atoms with Crippen molar-refractivity contribution in [3.63, 3.8) is 0 Å². The van der Waals surface area contributed by atoms with Crippen LogP contribution in [0.1, 0.15) is 22.4 Å². The average Bonchev–Trinajstić information content (AvgIpc) is 3.31. The zero-order valence-corrected chi connectivity index (χ0v) is 22.3. The molecule has 38 heavy (non-hydrogen) atoms. The lowest BCUT2D eigenvalue weighted by molar-refractivity contribution is 0.244. The van der Waals surface area contributed by atoms with E-state index in [1.54, 1.807) is 6.33 Å². The summed E-state index contributed by atoms with van der Waals surface area (Å²) in [7, 11) is 2.19. The van der Waals surface area contributed by atoms with Crippen LogP contribution in [0.4, 0.5) is 0 Å². The molecular formula is C31H31ClN6. The first-order chi connectivity index (χ1) is 18.6. The van der Waals surface area contributed by atoms with Crippen molar-refractivity contribution < 1.29 is 0 Å². The molecule has 0 saturated carbocycles. The maximum absolute atomic E-state index is 6.74. The summed E-state index contributed by atoms with van der Waals surface area (Å²) in [6, 6.07) is 23.7. The van der Waals surface area contributed by atoms with Gasteiger partial charge in [-0.2, -0.15) is 0 Å². The molecule has 0 radical (unpaired) electrons. The van der Waals surface area contributed by atoms with E-state index < -0.39 is 0 Å². The second-order valence-electron chi connectivity index (χ2n) is 10.1. The number of hydrogen-bond donors (Lipinski definition) is 0. The first kappa shape index (κ1) is 24.7. The van der Waals surface area contributed by atoms with Crippen molar-refractivity contribution >= 4 is 22.6 Å². The number of aromatic nitrogens is 4. The third kappa shape index (κ3) is 5.48. The van der Waals surface area contributed by atoms with Gasteiger partial charge in [0.25, 0.3) is 0 Å². The molecule has 0 unspecified atom stereocenters. The van der Waals surface area contributed by atoms with Crippen LogP contribution in [0.5, 0.6) is 0 Å². The van der Waals surface area contributed by atoms with E-state index in [1.807, 2.05) is 30.6 Å². The van der Waals surface area contributed by atoms with Crippen molar-refractivity contribution in [1.29, 1.82) is 0 Å². The van der Waals surface area contributed by atoms with Crippen LogP contribution in [0.25, 0.3) is 22.3 Å². The molecular weight excluding hydrogens is 492 g/mol. The van der Waals surface area contributed by atoms with Crippen LogP contribution in [0.2, 0.25) is 5.02 Å². The van der Waals surface area contributed by atoms with Crippen molar-refractivity contribution in [2.24, 2.45) is 0 Å². The fourth-order valence-corrected chi connectivity index (χ4v) is 5.50. The van der Waals surface area contributed by atoms with E-state index >= 15 is 0 Å². The van der Waals surface area contributed by atoms with E-state index in [2.05, 4.69) is 84.9 Å². The molecule has 0 amide bonds. The quantitative estimate of drug-likeness (QED) is 0.291. The van der Waals surface area contributed by atoms with Gasteiger partial charge in [0.15, 0.2) is 0 Å². The Bertz CT molecular complexity index is 1550. The SMILES string of the molecule is CN1CCc2cccc(c2)-c2cc3cncnc3n2CCN(Cc2ccccn2)Cc2cc(ccc2Cl)C1. The summed E-state index contributed by atoms with van der Waals surface area (Å²) in [5.74, 6) is 0. The van der Waals surface area contributed by atoms with Crippen LogP contribution in [0, 0.1) is 0 Å². The molecule has 4 bridgehead atoms. The molecule has 0 fully saturated rings. The second kappa shape index (κ2) is 11.0. The Balaban J connectivity index is 1.43. The number of fused-ring (bicyclic) bond motifs is 8. The molecule has 6 nitrogen and oxygen atoms in total. The molecule has 5 aromatic rings. The zero-order chi connectivity index (χ0) is 25.9. The Hall–Kier alpha value is -3.58. The monoisotopic (exact) mass is 522 g/mol. The number of nitrogens with zero attached hydrogens (tertiary/aromatic N) is 6. The van der Waals surface area contributed by atoms with E-state index in [-0.39, 0.29) is 0 Å². The van der Waals surface area contributed by atoms with E-state index in [0.29, 0.717) is 0 Å². The lowest BCUT2D eigenvalue weighted by Gasteiger charge is -2.25. The highest BCUT2D eigenvalue weighted by Gasteiger charge is 2.17. The normalized spacial score (nSPS) is 15.4. The average molecular weight is 523 g/mol. The van der Waals surface area contributed by atoms with Crippen LogP contribution in [0.15, 0.2) is 85.5 Å². The van der Waals surface area contributed by atoms with Crippen molar-refractivity contribution in [2.45, 2.75) is 32.6 Å². The molecule has 0 atom stereocenters. The van der Waals surface area contributed by atoms with Gasteiger partial charge in [-0.1, -0.05) is 48.0 Å². The highest BCUT2D eigenvalue weighted by atomic mass is 35.5. The maximum atomic E-state index is 6.74. The zero-order valence-electron chi connectivity index (χ0n) is 21.6. The van der Waals surface area contributed by atoms with Crippen molar-refractivity contribution in [3.8, 4) is 11.3 Å². The summed E-state index contributed by atoms with van der Waals surface area (Å²) in [6.07, 6.45) is 6.39. The molecule has 1 aliphatic rings. The number of halogens is 1. The van der Waals surface area contributed by atoms with Gasteiger partial charge >= 0.3 is 0 Å². The molecule has 1 aliphatic heterocycles. The van der Waals surface area contributed by atoms with Crippen LogP contribution >= 0.6 is 11.6 Å². The minimum absolute atomic E-state index is 0.736. The van der Waals surface area contributed by atoms with Gasteiger partial charge in [0.1, 0.15) is 12.0 Å². The molecule has 0 N–H and O–H groups in total. The summed E-state index contributed by atoms with van der Waals surface area (Å²) in [5, 5.41) is 1.86. The van der Waals surface area contributed by atoms with E-state index in [0.717, 1.165) is 73.0 Å². The third-order valence-corrected chi connectivity index (χ3v) is 7.64. The predicted octanol–water partition coefficient (Wildman–Crippen LogP) is 5.84. The second-order valence-corrected chi connectivity index (χ2v) is 10.5. The van der Waals surface area contributed by atoms with Crippen molar-refractivity contribution in [2.75, 3.05) is 20.1 Å². The number of pyridine rings is 1. The van der Waals surface area contributed by atoms with Gasteiger partial charge in [-0.05, 0) is 66.1 Å². The molecule has 192 valence electrons. The number of hydrogen-bond acceptors (Lipinski definition) is 5. The molecule has 7 heteroatoms. The van der Waals surface area contributed by atoms with Gasteiger partial charge in [-0.25, -0.2) is 9.97 Å². The van der Waals surface area contributed by atoms with Crippen LogP contribution in [-0.4, -0.2) is 49.5 Å². The van der Waals surface area contributed by atoms with Crippen LogP contribution < -0.4 is 0 Å². The Labute approximate surface area is 228 Å². The molecule has 0 aliphatic carbocycles. The van der Waals surface area contributed by atoms with Crippen molar-refractivity contribution in [3.05, 3.63) is 113 Å². The maximum Gasteiger partial charge on any atom is 0.143 e. The minimum atomic E-state index is 0.736. The topological polar surface area (TPSA) is 50.1 Å². The fourth-order valence-electron chi connectivity index (χ4n) is 5.33. The molecule has 0 saturated heterocycles. The standard InChI is InChI=1S/C31H31ClN6/c1-36-12-10-23-5-4-6-25(15-23)30-17-26-18-33-22-35-31(26)38(30)14-13-37(21-28-7-2-3-11-34-28)20-27-16-24(19-36)8-9-29(27)32/h2-9,11,15-18,22H,10,12-14,19-21H2,1H3. The Morgan fingerprint density at radius 1 is 0.868 bits per heavy atom. The lowest BCUT2D eigenvalue weighted by Crippen LogP contribution is -2.28. The fraction of sp³-hybridized carbons (Fsp3) is 0.258. The summed E-state index contributed by atoms with van der Waals surface area (Å²) in [4.78, 5) is 18.4. The van der Waals surface area contributed by atoms with Crippen LogP contribution in [0.3, 0.4) is 0 Å². The number of rotatable bonds is 2. The largest absolute Gasteiger partial charge is 0.324 e. The van der Waals surface area contributed by atoms with Gasteiger partial charge in [0.05, 0.1) is 11.4 Å².